The first-order valence-corrected chi connectivity index (χ1v) is 5.39. The van der Waals surface area contributed by atoms with Crippen LogP contribution in [-0.2, 0) is 11.2 Å². The van der Waals surface area contributed by atoms with Gasteiger partial charge in [-0.3, -0.25) is 0 Å². The highest BCUT2D eigenvalue weighted by atomic mass is 35.5. The molecular weight excluding hydrogens is 242 g/mol. The van der Waals surface area contributed by atoms with Crippen molar-refractivity contribution in [2.45, 2.75) is 31.6 Å². The predicted molar refractivity (Wildman–Crippen MR) is 53.7 cm³/mol. The summed E-state index contributed by atoms with van der Waals surface area (Å²) in [5, 5.41) is 3.40. The lowest BCUT2D eigenvalue weighted by Gasteiger charge is -1.99. The number of hydrogen-bond acceptors (Lipinski definition) is 4. The molecule has 0 bridgehead atoms. The Labute approximate surface area is 96.9 Å². The van der Waals surface area contributed by atoms with Gasteiger partial charge < -0.3 is 9.26 Å². The number of rotatable bonds is 7. The van der Waals surface area contributed by atoms with E-state index >= 15 is 0 Å². The summed E-state index contributed by atoms with van der Waals surface area (Å²) in [7, 11) is 0. The van der Waals surface area contributed by atoms with Crippen molar-refractivity contribution in [1.82, 2.24) is 10.1 Å². The highest BCUT2D eigenvalue weighted by Crippen LogP contribution is 2.20. The van der Waals surface area contributed by atoms with Gasteiger partial charge >= 0.3 is 0 Å². The Morgan fingerprint density at radius 2 is 2.25 bits per heavy atom. The second-order valence-corrected chi connectivity index (χ2v) is 3.66. The van der Waals surface area contributed by atoms with Crippen LogP contribution in [0, 0.1) is 0 Å². The van der Waals surface area contributed by atoms with Crippen molar-refractivity contribution in [2.24, 2.45) is 0 Å². The van der Waals surface area contributed by atoms with E-state index in [1.807, 2.05) is 6.92 Å². The number of alkyl halides is 3. The van der Waals surface area contributed by atoms with Crippen molar-refractivity contribution in [1.29, 1.82) is 0 Å². The van der Waals surface area contributed by atoms with Crippen LogP contribution >= 0.6 is 11.6 Å². The fourth-order valence-electron chi connectivity index (χ4n) is 1.01. The minimum absolute atomic E-state index is 0.130. The first-order valence-electron chi connectivity index (χ1n) is 4.96. The Morgan fingerprint density at radius 1 is 1.50 bits per heavy atom. The Morgan fingerprint density at radius 3 is 2.88 bits per heavy atom. The van der Waals surface area contributed by atoms with Crippen LogP contribution in [0.5, 0.6) is 0 Å². The number of hydrogen-bond donors (Lipinski definition) is 0. The second kappa shape index (κ2) is 6.75. The molecule has 1 rings (SSSR count). The van der Waals surface area contributed by atoms with Gasteiger partial charge in [0.1, 0.15) is 6.61 Å². The van der Waals surface area contributed by atoms with Gasteiger partial charge in [-0.1, -0.05) is 12.1 Å². The Balaban J connectivity index is 2.29. The zero-order valence-corrected chi connectivity index (χ0v) is 9.58. The molecule has 16 heavy (non-hydrogen) atoms. The number of halogens is 3. The molecule has 1 aromatic rings. The van der Waals surface area contributed by atoms with Crippen LogP contribution in [-0.4, -0.2) is 29.8 Å². The molecule has 1 atom stereocenters. The molecule has 0 aliphatic carbocycles. The topological polar surface area (TPSA) is 48.2 Å². The number of ether oxygens (including phenoxy) is 1. The van der Waals surface area contributed by atoms with Gasteiger partial charge in [0.25, 0.3) is 6.43 Å². The summed E-state index contributed by atoms with van der Waals surface area (Å²) in [5.74, 6) is 0.774. The number of nitrogens with zero attached hydrogens (tertiary/aromatic N) is 2. The minimum atomic E-state index is -2.45. The Hall–Kier alpha value is -0.750. The van der Waals surface area contributed by atoms with E-state index in [0.717, 1.165) is 0 Å². The van der Waals surface area contributed by atoms with Crippen molar-refractivity contribution < 1.29 is 18.0 Å². The fraction of sp³-hybridized carbons (Fsp3) is 0.778. The smallest absolute Gasteiger partial charge is 0.261 e. The molecule has 0 fully saturated rings. The molecule has 0 spiro atoms. The predicted octanol–water partition coefficient (Wildman–Crippen LogP) is 2.58. The van der Waals surface area contributed by atoms with E-state index in [9.17, 15) is 8.78 Å². The van der Waals surface area contributed by atoms with Gasteiger partial charge in [0.15, 0.2) is 5.82 Å². The maximum absolute atomic E-state index is 11.7. The van der Waals surface area contributed by atoms with Crippen LogP contribution in [0.4, 0.5) is 8.78 Å². The molecule has 0 radical (unpaired) electrons. The maximum Gasteiger partial charge on any atom is 0.261 e. The average Bonchev–Trinajstić information content (AvgIpc) is 2.71. The maximum atomic E-state index is 11.7. The molecule has 0 aliphatic rings. The van der Waals surface area contributed by atoms with Gasteiger partial charge in [-0.15, -0.1) is 11.6 Å². The minimum Gasteiger partial charge on any atom is -0.375 e. The summed E-state index contributed by atoms with van der Waals surface area (Å²) in [4.78, 5) is 4.02. The lowest BCUT2D eigenvalue weighted by molar-refractivity contribution is 0.0171. The molecule has 0 aromatic carbocycles. The Kier molecular flexibility index (Phi) is 5.62. The highest BCUT2D eigenvalue weighted by Gasteiger charge is 2.13. The van der Waals surface area contributed by atoms with Crippen LogP contribution in [0.3, 0.4) is 0 Å². The van der Waals surface area contributed by atoms with Gasteiger partial charge in [0.2, 0.25) is 5.89 Å². The summed E-state index contributed by atoms with van der Waals surface area (Å²) in [6.45, 7) is 1.46. The van der Waals surface area contributed by atoms with Crippen LogP contribution in [0.25, 0.3) is 0 Å². The fourth-order valence-corrected chi connectivity index (χ4v) is 1.10. The number of aromatic nitrogens is 2. The largest absolute Gasteiger partial charge is 0.375 e. The third kappa shape index (κ3) is 4.40. The summed E-state index contributed by atoms with van der Waals surface area (Å²) < 4.78 is 33.0. The molecule has 0 saturated heterocycles. The molecule has 0 N–H and O–H groups in total. The van der Waals surface area contributed by atoms with Crippen molar-refractivity contribution in [2.75, 3.05) is 13.2 Å². The molecule has 0 aliphatic heterocycles. The Bertz CT molecular complexity index is 309. The van der Waals surface area contributed by atoms with E-state index in [-0.39, 0.29) is 12.0 Å². The van der Waals surface area contributed by atoms with Crippen molar-refractivity contribution in [3.63, 3.8) is 0 Å². The molecule has 4 nitrogen and oxygen atoms in total. The molecule has 1 heterocycles. The van der Waals surface area contributed by atoms with E-state index in [0.29, 0.717) is 24.6 Å². The highest BCUT2D eigenvalue weighted by molar-refractivity contribution is 6.20. The summed E-state index contributed by atoms with van der Waals surface area (Å²) >= 11 is 5.89. The summed E-state index contributed by atoms with van der Waals surface area (Å²) in [5.41, 5.74) is 0. The van der Waals surface area contributed by atoms with E-state index in [1.54, 1.807) is 0 Å². The van der Waals surface area contributed by atoms with E-state index < -0.39 is 13.0 Å². The summed E-state index contributed by atoms with van der Waals surface area (Å²) in [6.07, 6.45) is -1.44. The standard InChI is InChI=1S/C9H13ClF2N2O2/c1-2-6(10)9-13-8(16-14-9)3-4-15-5-7(11)12/h6-7H,2-5H2,1H3. The SMILES string of the molecule is CCC(Cl)c1noc(CCOCC(F)F)n1. The van der Waals surface area contributed by atoms with Crippen molar-refractivity contribution in [3.8, 4) is 0 Å². The quantitative estimate of drug-likeness (QED) is 0.554. The zero-order chi connectivity index (χ0) is 12.0. The molecule has 0 amide bonds. The lowest BCUT2D eigenvalue weighted by atomic mass is 10.3. The molecule has 1 aromatic heterocycles. The molecule has 92 valence electrons. The van der Waals surface area contributed by atoms with E-state index in [4.69, 9.17) is 16.1 Å². The van der Waals surface area contributed by atoms with Gasteiger partial charge in [0, 0.05) is 0 Å². The van der Waals surface area contributed by atoms with Gasteiger partial charge in [0.05, 0.1) is 18.4 Å². The average molecular weight is 255 g/mol. The van der Waals surface area contributed by atoms with Crippen LogP contribution in [0.15, 0.2) is 4.52 Å². The van der Waals surface area contributed by atoms with Gasteiger partial charge in [-0.25, -0.2) is 8.78 Å². The normalized spacial score (nSPS) is 13.3. The van der Waals surface area contributed by atoms with Crippen LogP contribution in [0.2, 0.25) is 0 Å². The van der Waals surface area contributed by atoms with Gasteiger partial charge in [-0.05, 0) is 6.42 Å². The third-order valence-corrected chi connectivity index (χ3v) is 2.33. The third-order valence-electron chi connectivity index (χ3n) is 1.83. The van der Waals surface area contributed by atoms with E-state index in [2.05, 4.69) is 14.9 Å². The van der Waals surface area contributed by atoms with Crippen molar-refractivity contribution >= 4 is 11.6 Å². The molecule has 7 heteroatoms. The van der Waals surface area contributed by atoms with Gasteiger partial charge in [-0.2, -0.15) is 4.98 Å². The molecular formula is C9H13ClF2N2O2. The van der Waals surface area contributed by atoms with E-state index in [1.165, 1.54) is 0 Å². The first-order chi connectivity index (χ1) is 7.63. The van der Waals surface area contributed by atoms with Crippen LogP contribution < -0.4 is 0 Å². The van der Waals surface area contributed by atoms with Crippen LogP contribution in [0.1, 0.15) is 30.4 Å². The zero-order valence-electron chi connectivity index (χ0n) is 8.83. The molecule has 1 unspecified atom stereocenters. The monoisotopic (exact) mass is 254 g/mol. The van der Waals surface area contributed by atoms with Crippen molar-refractivity contribution in [3.05, 3.63) is 11.7 Å². The second-order valence-electron chi connectivity index (χ2n) is 3.14. The lowest BCUT2D eigenvalue weighted by Crippen LogP contribution is -2.07. The first kappa shape index (κ1) is 13.3. The molecule has 0 saturated carbocycles. The summed E-state index contributed by atoms with van der Waals surface area (Å²) in [6, 6.07) is 0.